The zero-order chi connectivity index (χ0) is 17.6. The van der Waals surface area contributed by atoms with Crippen LogP contribution < -0.4 is 4.74 Å². The van der Waals surface area contributed by atoms with Crippen LogP contribution in [-0.2, 0) is 11.8 Å². The molecule has 2 aromatic rings. The molecule has 1 atom stereocenters. The first-order valence-electron chi connectivity index (χ1n) is 8.41. The quantitative estimate of drug-likeness (QED) is 0.759. The van der Waals surface area contributed by atoms with Crippen LogP contribution in [0.1, 0.15) is 23.3 Å². The van der Waals surface area contributed by atoms with Gasteiger partial charge in [0, 0.05) is 26.4 Å². The van der Waals surface area contributed by atoms with E-state index >= 15 is 0 Å². The summed E-state index contributed by atoms with van der Waals surface area (Å²) in [4.78, 5) is 14.6. The molecule has 1 fully saturated rings. The number of benzene rings is 1. The average molecular weight is 364 g/mol. The molecule has 1 aromatic heterocycles. The van der Waals surface area contributed by atoms with Gasteiger partial charge in [0.05, 0.1) is 17.7 Å². The number of halogens is 1. The highest BCUT2D eigenvalue weighted by Gasteiger charge is 2.26. The van der Waals surface area contributed by atoms with E-state index in [0.29, 0.717) is 24.7 Å². The maximum atomic E-state index is 12.9. The van der Waals surface area contributed by atoms with Gasteiger partial charge < -0.3 is 14.4 Å². The molecule has 0 saturated carbocycles. The summed E-state index contributed by atoms with van der Waals surface area (Å²) in [6, 6.07) is 9.55. The summed E-state index contributed by atoms with van der Waals surface area (Å²) >= 11 is 6.14. The van der Waals surface area contributed by atoms with E-state index in [4.69, 9.17) is 21.1 Å². The Bertz CT molecular complexity index is 699. The van der Waals surface area contributed by atoms with Gasteiger partial charge in [0.25, 0.3) is 5.91 Å². The van der Waals surface area contributed by atoms with Crippen LogP contribution in [0.5, 0.6) is 5.75 Å². The lowest BCUT2D eigenvalue weighted by Crippen LogP contribution is -2.40. The number of hydrogen-bond donors (Lipinski definition) is 0. The number of para-hydroxylation sites is 1. The van der Waals surface area contributed by atoms with Gasteiger partial charge in [-0.05, 0) is 25.0 Å². The third kappa shape index (κ3) is 4.74. The summed E-state index contributed by atoms with van der Waals surface area (Å²) in [6.07, 6.45) is 3.67. The van der Waals surface area contributed by atoms with E-state index in [2.05, 4.69) is 5.10 Å². The number of nitrogens with zero attached hydrogens (tertiary/aromatic N) is 3. The Hall–Kier alpha value is -2.05. The number of hydrogen-bond acceptors (Lipinski definition) is 4. The summed E-state index contributed by atoms with van der Waals surface area (Å²) in [5, 5.41) is 4.54. The van der Waals surface area contributed by atoms with Crippen LogP contribution in [0.2, 0.25) is 5.02 Å². The highest BCUT2D eigenvalue weighted by atomic mass is 35.5. The predicted octanol–water partition coefficient (Wildman–Crippen LogP) is 2.77. The van der Waals surface area contributed by atoms with Crippen molar-refractivity contribution in [2.75, 3.05) is 26.3 Å². The Labute approximate surface area is 152 Å². The Kier molecular flexibility index (Phi) is 5.94. The van der Waals surface area contributed by atoms with Crippen LogP contribution in [0.3, 0.4) is 0 Å². The standard InChI is InChI=1S/C18H22ClN3O3/c1-21-13-16(19)17(20-21)18(23)22(12-15-8-5-10-24-15)9-11-25-14-6-3-2-4-7-14/h2-4,6-7,13,15H,5,8-12H2,1H3/t15-/m1/s1. The average Bonchev–Trinajstić information content (AvgIpc) is 3.23. The molecule has 1 aliphatic heterocycles. The van der Waals surface area contributed by atoms with E-state index < -0.39 is 0 Å². The van der Waals surface area contributed by atoms with Gasteiger partial charge in [-0.15, -0.1) is 0 Å². The minimum absolute atomic E-state index is 0.0585. The van der Waals surface area contributed by atoms with Gasteiger partial charge in [-0.25, -0.2) is 0 Å². The van der Waals surface area contributed by atoms with E-state index in [9.17, 15) is 4.79 Å². The van der Waals surface area contributed by atoms with Crippen molar-refractivity contribution in [3.8, 4) is 5.75 Å². The van der Waals surface area contributed by atoms with E-state index in [1.807, 2.05) is 30.3 Å². The molecule has 0 unspecified atom stereocenters. The van der Waals surface area contributed by atoms with Crippen molar-refractivity contribution in [2.24, 2.45) is 7.05 Å². The maximum absolute atomic E-state index is 12.9. The van der Waals surface area contributed by atoms with E-state index in [0.717, 1.165) is 25.2 Å². The van der Waals surface area contributed by atoms with Crippen molar-refractivity contribution in [2.45, 2.75) is 18.9 Å². The van der Waals surface area contributed by atoms with Gasteiger partial charge in [-0.3, -0.25) is 9.48 Å². The van der Waals surface area contributed by atoms with Gasteiger partial charge >= 0.3 is 0 Å². The van der Waals surface area contributed by atoms with Gasteiger partial charge in [-0.2, -0.15) is 5.10 Å². The zero-order valence-corrected chi connectivity index (χ0v) is 15.0. The maximum Gasteiger partial charge on any atom is 0.276 e. The third-order valence-corrected chi connectivity index (χ3v) is 4.37. The van der Waals surface area contributed by atoms with E-state index in [-0.39, 0.29) is 17.7 Å². The van der Waals surface area contributed by atoms with Crippen LogP contribution in [0.15, 0.2) is 36.5 Å². The van der Waals surface area contributed by atoms with Gasteiger partial charge in [0.2, 0.25) is 0 Å². The number of carbonyl (C=O) groups is 1. The largest absolute Gasteiger partial charge is 0.492 e. The molecule has 0 radical (unpaired) electrons. The SMILES string of the molecule is Cn1cc(Cl)c(C(=O)N(CCOc2ccccc2)C[C@H]2CCCO2)n1. The molecule has 0 bridgehead atoms. The van der Waals surface area contributed by atoms with Crippen LogP contribution in [-0.4, -0.2) is 53.0 Å². The number of aromatic nitrogens is 2. The number of ether oxygens (including phenoxy) is 2. The Morgan fingerprint density at radius 1 is 1.44 bits per heavy atom. The predicted molar refractivity (Wildman–Crippen MR) is 95.0 cm³/mol. The van der Waals surface area contributed by atoms with Crippen LogP contribution in [0.4, 0.5) is 0 Å². The number of amides is 1. The lowest BCUT2D eigenvalue weighted by Gasteiger charge is -2.25. The molecule has 134 valence electrons. The van der Waals surface area contributed by atoms with Crippen molar-refractivity contribution in [1.82, 2.24) is 14.7 Å². The molecule has 0 aliphatic carbocycles. The summed E-state index contributed by atoms with van der Waals surface area (Å²) in [7, 11) is 1.74. The third-order valence-electron chi connectivity index (χ3n) is 4.10. The molecule has 1 amide bonds. The molecule has 1 saturated heterocycles. The normalized spacial score (nSPS) is 16.8. The molecule has 1 aliphatic rings. The molecular weight excluding hydrogens is 342 g/mol. The first-order chi connectivity index (χ1) is 12.1. The fourth-order valence-corrected chi connectivity index (χ4v) is 3.11. The van der Waals surface area contributed by atoms with Crippen molar-refractivity contribution in [1.29, 1.82) is 0 Å². The molecule has 3 rings (SSSR count). The molecule has 6 nitrogen and oxygen atoms in total. The fraction of sp³-hybridized carbons (Fsp3) is 0.444. The number of carbonyl (C=O) groups excluding carboxylic acids is 1. The Morgan fingerprint density at radius 2 is 2.24 bits per heavy atom. The molecule has 25 heavy (non-hydrogen) atoms. The smallest absolute Gasteiger partial charge is 0.276 e. The second kappa shape index (κ2) is 8.36. The topological polar surface area (TPSA) is 56.6 Å². The monoisotopic (exact) mass is 363 g/mol. The Morgan fingerprint density at radius 3 is 2.88 bits per heavy atom. The van der Waals surface area contributed by atoms with E-state index in [1.165, 1.54) is 0 Å². The lowest BCUT2D eigenvalue weighted by atomic mass is 10.2. The van der Waals surface area contributed by atoms with Crippen LogP contribution in [0, 0.1) is 0 Å². The second-order valence-electron chi connectivity index (χ2n) is 6.05. The minimum atomic E-state index is -0.197. The molecular formula is C18H22ClN3O3. The van der Waals surface area contributed by atoms with Gasteiger partial charge in [0.15, 0.2) is 5.69 Å². The van der Waals surface area contributed by atoms with Gasteiger partial charge in [-0.1, -0.05) is 29.8 Å². The summed E-state index contributed by atoms with van der Waals surface area (Å²) in [5.41, 5.74) is 0.266. The molecule has 1 aromatic carbocycles. The molecule has 2 heterocycles. The number of rotatable bonds is 7. The van der Waals surface area contributed by atoms with Crippen LogP contribution in [0.25, 0.3) is 0 Å². The zero-order valence-electron chi connectivity index (χ0n) is 14.2. The fourth-order valence-electron chi connectivity index (χ4n) is 2.85. The van der Waals surface area contributed by atoms with Crippen molar-refractivity contribution < 1.29 is 14.3 Å². The number of aryl methyl sites for hydroxylation is 1. The van der Waals surface area contributed by atoms with E-state index in [1.54, 1.807) is 22.8 Å². The summed E-state index contributed by atoms with van der Waals surface area (Å²) in [6.45, 7) is 2.11. The molecule has 0 spiro atoms. The summed E-state index contributed by atoms with van der Waals surface area (Å²) in [5.74, 6) is 0.584. The van der Waals surface area contributed by atoms with Gasteiger partial charge in [0.1, 0.15) is 12.4 Å². The molecule has 7 heteroatoms. The van der Waals surface area contributed by atoms with Crippen LogP contribution >= 0.6 is 11.6 Å². The minimum Gasteiger partial charge on any atom is -0.492 e. The summed E-state index contributed by atoms with van der Waals surface area (Å²) < 4.78 is 12.9. The first-order valence-corrected chi connectivity index (χ1v) is 8.79. The molecule has 0 N–H and O–H groups in total. The lowest BCUT2D eigenvalue weighted by molar-refractivity contribution is 0.0489. The van der Waals surface area contributed by atoms with Crippen molar-refractivity contribution in [3.63, 3.8) is 0 Å². The highest BCUT2D eigenvalue weighted by Crippen LogP contribution is 2.19. The van der Waals surface area contributed by atoms with Crippen molar-refractivity contribution in [3.05, 3.63) is 47.2 Å². The Balaban J connectivity index is 1.65. The first kappa shape index (κ1) is 17.8. The highest BCUT2D eigenvalue weighted by molar-refractivity contribution is 6.33. The second-order valence-corrected chi connectivity index (χ2v) is 6.45. The van der Waals surface area contributed by atoms with Crippen molar-refractivity contribution >= 4 is 17.5 Å².